The molecule has 88 valence electrons. The van der Waals surface area contributed by atoms with Gasteiger partial charge in [0.05, 0.1) is 17.9 Å². The lowest BCUT2D eigenvalue weighted by Crippen LogP contribution is -2.52. The van der Waals surface area contributed by atoms with Crippen molar-refractivity contribution in [2.45, 2.75) is 32.2 Å². The predicted octanol–water partition coefficient (Wildman–Crippen LogP) is 0.00330. The Bertz CT molecular complexity index is 368. The molecule has 1 atom stereocenters. The molecule has 6 heteroatoms. The molecule has 1 aliphatic heterocycles. The molecule has 0 aromatic heterocycles. The van der Waals surface area contributed by atoms with Crippen molar-refractivity contribution in [2.24, 2.45) is 11.1 Å². The largest absolute Gasteiger partial charge is 0.481 e. The number of sulfone groups is 1. The third kappa shape index (κ3) is 2.49. The Morgan fingerprint density at radius 2 is 2.07 bits per heavy atom. The maximum absolute atomic E-state index is 11.4. The predicted molar refractivity (Wildman–Crippen MR) is 56.2 cm³/mol. The zero-order chi connectivity index (χ0) is 11.9. The first-order chi connectivity index (χ1) is 6.58. The summed E-state index contributed by atoms with van der Waals surface area (Å²) >= 11 is 0. The normalized spacial score (nSPS) is 30.3. The first-order valence-electron chi connectivity index (χ1n) is 4.79. The third-order valence-electron chi connectivity index (χ3n) is 3.24. The number of hydrogen-bond donors (Lipinski definition) is 2. The summed E-state index contributed by atoms with van der Waals surface area (Å²) in [6, 6.07) is 0. The number of carboxylic acids is 1. The molecule has 1 fully saturated rings. The van der Waals surface area contributed by atoms with E-state index in [1.807, 2.05) is 0 Å². The van der Waals surface area contributed by atoms with Crippen molar-refractivity contribution >= 4 is 15.8 Å². The molecule has 1 heterocycles. The van der Waals surface area contributed by atoms with Gasteiger partial charge in [0, 0.05) is 11.0 Å². The second kappa shape index (κ2) is 3.45. The van der Waals surface area contributed by atoms with Gasteiger partial charge in [0.15, 0.2) is 9.84 Å². The van der Waals surface area contributed by atoms with Gasteiger partial charge >= 0.3 is 5.97 Å². The fourth-order valence-corrected chi connectivity index (χ4v) is 4.39. The lowest BCUT2D eigenvalue weighted by Gasteiger charge is -2.39. The minimum absolute atomic E-state index is 0.0426. The molecule has 0 bridgehead atoms. The molecule has 0 aromatic rings. The summed E-state index contributed by atoms with van der Waals surface area (Å²) in [6.45, 7) is 3.38. The summed E-state index contributed by atoms with van der Waals surface area (Å²) < 4.78 is 22.9. The maximum atomic E-state index is 11.4. The van der Waals surface area contributed by atoms with Gasteiger partial charge in [0.1, 0.15) is 0 Å². The molecule has 1 saturated heterocycles. The molecule has 0 amide bonds. The van der Waals surface area contributed by atoms with Crippen LogP contribution in [0.25, 0.3) is 0 Å². The van der Waals surface area contributed by atoms with Crippen molar-refractivity contribution in [3.63, 3.8) is 0 Å². The Labute approximate surface area is 89.6 Å². The summed E-state index contributed by atoms with van der Waals surface area (Å²) in [5.74, 6) is -1.07. The molecule has 1 aliphatic rings. The first-order valence-corrected chi connectivity index (χ1v) is 6.61. The molecule has 0 radical (unpaired) electrons. The number of carboxylic acid groups (broad SMARTS) is 1. The van der Waals surface area contributed by atoms with Crippen molar-refractivity contribution in [2.75, 3.05) is 11.5 Å². The summed E-state index contributed by atoms with van der Waals surface area (Å²) in [6.07, 6.45) is 0.154. The SMILES string of the molecule is CC(C)(N)C1(CC(=O)O)CCS(=O)(=O)C1. The van der Waals surface area contributed by atoms with Crippen LogP contribution < -0.4 is 5.73 Å². The average Bonchev–Trinajstić information content (AvgIpc) is 2.24. The summed E-state index contributed by atoms with van der Waals surface area (Å²) in [5, 5.41) is 8.82. The molecule has 0 aromatic carbocycles. The van der Waals surface area contributed by atoms with Crippen molar-refractivity contribution in [3.05, 3.63) is 0 Å². The highest BCUT2D eigenvalue weighted by Gasteiger charge is 2.51. The number of rotatable bonds is 3. The van der Waals surface area contributed by atoms with E-state index >= 15 is 0 Å². The second-order valence-corrected chi connectivity index (χ2v) is 7.10. The summed E-state index contributed by atoms with van der Waals surface area (Å²) in [5.41, 5.74) is 4.30. The van der Waals surface area contributed by atoms with E-state index in [1.54, 1.807) is 13.8 Å². The highest BCUT2D eigenvalue weighted by Crippen LogP contribution is 2.43. The summed E-state index contributed by atoms with van der Waals surface area (Å²) in [4.78, 5) is 10.8. The van der Waals surface area contributed by atoms with E-state index in [2.05, 4.69) is 0 Å². The Hall–Kier alpha value is -0.620. The van der Waals surface area contributed by atoms with Crippen LogP contribution in [0.15, 0.2) is 0 Å². The van der Waals surface area contributed by atoms with Gasteiger partial charge in [-0.3, -0.25) is 4.79 Å². The highest BCUT2D eigenvalue weighted by molar-refractivity contribution is 7.91. The fraction of sp³-hybridized carbons (Fsp3) is 0.889. The van der Waals surface area contributed by atoms with E-state index in [1.165, 1.54) is 0 Å². The molecule has 5 nitrogen and oxygen atoms in total. The van der Waals surface area contributed by atoms with Crippen molar-refractivity contribution in [3.8, 4) is 0 Å². The van der Waals surface area contributed by atoms with Gasteiger partial charge in [-0.15, -0.1) is 0 Å². The second-order valence-electron chi connectivity index (χ2n) is 4.91. The van der Waals surface area contributed by atoms with E-state index < -0.39 is 26.8 Å². The molecule has 0 aliphatic carbocycles. The molecule has 15 heavy (non-hydrogen) atoms. The van der Waals surface area contributed by atoms with Crippen LogP contribution in [-0.2, 0) is 14.6 Å². The number of aliphatic carboxylic acids is 1. The van der Waals surface area contributed by atoms with Crippen LogP contribution >= 0.6 is 0 Å². The van der Waals surface area contributed by atoms with Crippen LogP contribution in [0.4, 0.5) is 0 Å². The van der Waals surface area contributed by atoms with E-state index in [0.717, 1.165) is 0 Å². The van der Waals surface area contributed by atoms with Gasteiger partial charge in [-0.05, 0) is 20.3 Å². The van der Waals surface area contributed by atoms with Gasteiger partial charge in [-0.2, -0.15) is 0 Å². The van der Waals surface area contributed by atoms with Crippen molar-refractivity contribution in [1.29, 1.82) is 0 Å². The minimum atomic E-state index is -3.13. The molecular formula is C9H17NO4S. The van der Waals surface area contributed by atoms with Crippen LogP contribution in [0.5, 0.6) is 0 Å². The fourth-order valence-electron chi connectivity index (χ4n) is 2.08. The lowest BCUT2D eigenvalue weighted by molar-refractivity contribution is -0.140. The maximum Gasteiger partial charge on any atom is 0.304 e. The average molecular weight is 235 g/mol. The first kappa shape index (κ1) is 12.4. The molecule has 0 spiro atoms. The van der Waals surface area contributed by atoms with Gasteiger partial charge in [0.2, 0.25) is 0 Å². The Kier molecular flexibility index (Phi) is 2.86. The monoisotopic (exact) mass is 235 g/mol. The van der Waals surface area contributed by atoms with E-state index in [0.29, 0.717) is 6.42 Å². The zero-order valence-electron chi connectivity index (χ0n) is 8.99. The lowest BCUT2D eigenvalue weighted by atomic mass is 9.69. The Morgan fingerprint density at radius 3 is 2.33 bits per heavy atom. The van der Waals surface area contributed by atoms with Crippen LogP contribution in [0, 0.1) is 5.41 Å². The van der Waals surface area contributed by atoms with Crippen molar-refractivity contribution < 1.29 is 18.3 Å². The summed E-state index contributed by atoms with van der Waals surface area (Å²) in [7, 11) is -3.13. The van der Waals surface area contributed by atoms with Gasteiger partial charge in [-0.25, -0.2) is 8.42 Å². The molecule has 0 saturated carbocycles. The van der Waals surface area contributed by atoms with Crippen LogP contribution in [0.1, 0.15) is 26.7 Å². The highest BCUT2D eigenvalue weighted by atomic mass is 32.2. The Morgan fingerprint density at radius 1 is 1.53 bits per heavy atom. The van der Waals surface area contributed by atoms with Crippen molar-refractivity contribution in [1.82, 2.24) is 0 Å². The topological polar surface area (TPSA) is 97.5 Å². The number of carbonyl (C=O) groups is 1. The van der Waals surface area contributed by atoms with Gasteiger partial charge < -0.3 is 10.8 Å². The molecule has 1 rings (SSSR count). The van der Waals surface area contributed by atoms with E-state index in [9.17, 15) is 13.2 Å². The standard InChI is InChI=1S/C9H17NO4S/c1-8(2,10)9(5-7(11)12)3-4-15(13,14)6-9/h3-6,10H2,1-2H3,(H,11,12). The quantitative estimate of drug-likeness (QED) is 0.717. The van der Waals surface area contributed by atoms with Crippen LogP contribution in [0.2, 0.25) is 0 Å². The number of nitrogens with two attached hydrogens (primary N) is 1. The Balaban J connectivity index is 3.06. The molecule has 3 N–H and O–H groups in total. The minimum Gasteiger partial charge on any atom is -0.481 e. The van der Waals surface area contributed by atoms with Crippen LogP contribution in [0.3, 0.4) is 0 Å². The smallest absolute Gasteiger partial charge is 0.304 e. The third-order valence-corrected chi connectivity index (χ3v) is 5.06. The zero-order valence-corrected chi connectivity index (χ0v) is 9.80. The van der Waals surface area contributed by atoms with Gasteiger partial charge in [-0.1, -0.05) is 0 Å². The number of hydrogen-bond acceptors (Lipinski definition) is 4. The van der Waals surface area contributed by atoms with E-state index in [4.69, 9.17) is 10.8 Å². The molecular weight excluding hydrogens is 218 g/mol. The van der Waals surface area contributed by atoms with E-state index in [-0.39, 0.29) is 17.9 Å². The van der Waals surface area contributed by atoms with Crippen LogP contribution in [-0.4, -0.2) is 36.5 Å². The van der Waals surface area contributed by atoms with Gasteiger partial charge in [0.25, 0.3) is 0 Å². The molecule has 1 unspecified atom stereocenters.